The van der Waals surface area contributed by atoms with E-state index in [9.17, 15) is 9.59 Å². The molecule has 31 heavy (non-hydrogen) atoms. The lowest BCUT2D eigenvalue weighted by Gasteiger charge is -2.18. The van der Waals surface area contributed by atoms with Crippen molar-refractivity contribution in [2.45, 2.75) is 50.9 Å². The molecule has 0 spiro atoms. The van der Waals surface area contributed by atoms with E-state index in [0.29, 0.717) is 18.2 Å². The number of hydrogen-bond acceptors (Lipinski definition) is 6. The number of benzene rings is 1. The van der Waals surface area contributed by atoms with Crippen LogP contribution in [0.25, 0.3) is 10.2 Å². The van der Waals surface area contributed by atoms with E-state index < -0.39 is 0 Å². The molecule has 0 saturated heterocycles. The molecule has 0 aliphatic heterocycles. The maximum Gasteiger partial charge on any atom is 0.263 e. The first-order valence-corrected chi connectivity index (χ1v) is 12.4. The molecule has 8 heteroatoms. The molecule has 6 nitrogen and oxygen atoms in total. The molecule has 2 aromatic heterocycles. The lowest BCUT2D eigenvalue weighted by molar-refractivity contribution is -0.127. The highest BCUT2D eigenvalue weighted by Gasteiger charge is 2.22. The number of carbonyl (C=O) groups excluding carboxylic acids is 1. The van der Waals surface area contributed by atoms with Gasteiger partial charge in [-0.2, -0.15) is 0 Å². The predicted octanol–water partition coefficient (Wildman–Crippen LogP) is 4.12. The number of aromatic nitrogens is 2. The molecule has 0 bridgehead atoms. The Kier molecular flexibility index (Phi) is 6.67. The fourth-order valence-corrected chi connectivity index (χ4v) is 6.24. The topological polar surface area (TPSA) is 64.4 Å². The van der Waals surface area contributed by atoms with Gasteiger partial charge in [-0.1, -0.05) is 23.9 Å². The standard InChI is InChI=1S/C23H27N3O3S2/c1-4-26-22(28)20-17-7-5-6-8-18(17)31-21(20)24-23(26)30-14-19(27)25(2)13-15-9-11-16(29-3)12-10-15/h9-12H,4-8,13-14H2,1-3H3. The van der Waals surface area contributed by atoms with Gasteiger partial charge in [-0.25, -0.2) is 4.98 Å². The number of rotatable bonds is 7. The molecule has 4 rings (SSSR count). The molecule has 0 radical (unpaired) electrons. The summed E-state index contributed by atoms with van der Waals surface area (Å²) in [5.74, 6) is 1.04. The maximum absolute atomic E-state index is 13.2. The smallest absolute Gasteiger partial charge is 0.263 e. The van der Waals surface area contributed by atoms with Crippen LogP contribution >= 0.6 is 23.1 Å². The molecule has 1 aromatic carbocycles. The van der Waals surface area contributed by atoms with Gasteiger partial charge in [-0.15, -0.1) is 11.3 Å². The van der Waals surface area contributed by atoms with E-state index in [4.69, 9.17) is 9.72 Å². The van der Waals surface area contributed by atoms with E-state index in [0.717, 1.165) is 40.8 Å². The number of thioether (sulfide) groups is 1. The molecule has 1 amide bonds. The Morgan fingerprint density at radius 2 is 2.00 bits per heavy atom. The summed E-state index contributed by atoms with van der Waals surface area (Å²) >= 11 is 3.00. The zero-order valence-corrected chi connectivity index (χ0v) is 19.8. The number of amides is 1. The van der Waals surface area contributed by atoms with Crippen LogP contribution < -0.4 is 10.3 Å². The minimum atomic E-state index is 0.00305. The van der Waals surface area contributed by atoms with Crippen LogP contribution in [0.5, 0.6) is 5.75 Å². The lowest BCUT2D eigenvalue weighted by atomic mass is 9.97. The average Bonchev–Trinajstić information content (AvgIpc) is 3.16. The van der Waals surface area contributed by atoms with Crippen molar-refractivity contribution < 1.29 is 9.53 Å². The van der Waals surface area contributed by atoms with Crippen LogP contribution in [0.1, 0.15) is 35.8 Å². The van der Waals surface area contributed by atoms with Gasteiger partial charge in [0.05, 0.1) is 18.2 Å². The van der Waals surface area contributed by atoms with Crippen molar-refractivity contribution in [3.63, 3.8) is 0 Å². The number of hydrogen-bond donors (Lipinski definition) is 0. The van der Waals surface area contributed by atoms with Crippen LogP contribution in [0.2, 0.25) is 0 Å². The predicted molar refractivity (Wildman–Crippen MR) is 126 cm³/mol. The normalized spacial score (nSPS) is 13.3. The maximum atomic E-state index is 13.2. The first-order chi connectivity index (χ1) is 15.0. The third-order valence-electron chi connectivity index (χ3n) is 5.69. The first-order valence-electron chi connectivity index (χ1n) is 10.6. The quantitative estimate of drug-likeness (QED) is 0.395. The molecule has 2 heterocycles. The van der Waals surface area contributed by atoms with Gasteiger partial charge in [-0.05, 0) is 55.9 Å². The minimum absolute atomic E-state index is 0.00305. The summed E-state index contributed by atoms with van der Waals surface area (Å²) in [6, 6.07) is 7.70. The second kappa shape index (κ2) is 9.44. The molecule has 0 unspecified atom stereocenters. The molecule has 0 atom stereocenters. The lowest BCUT2D eigenvalue weighted by Crippen LogP contribution is -2.28. The number of ether oxygens (including phenoxy) is 1. The summed E-state index contributed by atoms with van der Waals surface area (Å²) in [6.45, 7) is 3.02. The molecule has 164 valence electrons. The summed E-state index contributed by atoms with van der Waals surface area (Å²) < 4.78 is 6.89. The Balaban J connectivity index is 1.50. The molecular formula is C23H27N3O3S2. The van der Waals surface area contributed by atoms with Crippen LogP contribution in [0.4, 0.5) is 0 Å². The molecule has 3 aromatic rings. The number of nitrogens with zero attached hydrogens (tertiary/aromatic N) is 3. The van der Waals surface area contributed by atoms with Crippen LogP contribution in [0, 0.1) is 0 Å². The Hall–Kier alpha value is -2.32. The van der Waals surface area contributed by atoms with Gasteiger partial charge in [0.25, 0.3) is 5.56 Å². The molecular weight excluding hydrogens is 430 g/mol. The molecule has 1 aliphatic rings. The molecule has 0 saturated carbocycles. The molecule has 0 fully saturated rings. The van der Waals surface area contributed by atoms with E-state index in [1.54, 1.807) is 35.0 Å². The van der Waals surface area contributed by atoms with Gasteiger partial charge < -0.3 is 9.64 Å². The van der Waals surface area contributed by atoms with Crippen molar-refractivity contribution in [1.29, 1.82) is 0 Å². The Bertz CT molecular complexity index is 1150. The monoisotopic (exact) mass is 457 g/mol. The summed E-state index contributed by atoms with van der Waals surface area (Å²) in [5, 5.41) is 1.43. The average molecular weight is 458 g/mol. The number of methoxy groups -OCH3 is 1. The van der Waals surface area contributed by atoms with Gasteiger partial charge in [0.2, 0.25) is 5.91 Å². The van der Waals surface area contributed by atoms with Crippen molar-refractivity contribution in [3.8, 4) is 5.75 Å². The number of fused-ring (bicyclic) bond motifs is 3. The van der Waals surface area contributed by atoms with E-state index in [1.165, 1.54) is 28.6 Å². The van der Waals surface area contributed by atoms with Crippen molar-refractivity contribution in [1.82, 2.24) is 14.5 Å². The Morgan fingerprint density at radius 1 is 1.26 bits per heavy atom. The minimum Gasteiger partial charge on any atom is -0.497 e. The van der Waals surface area contributed by atoms with Gasteiger partial charge in [0.15, 0.2) is 5.16 Å². The van der Waals surface area contributed by atoms with Crippen LogP contribution in [-0.2, 0) is 30.7 Å². The van der Waals surface area contributed by atoms with Gasteiger partial charge in [0.1, 0.15) is 10.6 Å². The highest BCUT2D eigenvalue weighted by Crippen LogP contribution is 2.34. The third-order valence-corrected chi connectivity index (χ3v) is 7.83. The number of thiophene rings is 1. The zero-order valence-electron chi connectivity index (χ0n) is 18.1. The van der Waals surface area contributed by atoms with Crippen LogP contribution in [0.3, 0.4) is 0 Å². The molecule has 1 aliphatic carbocycles. The Labute approximate surface area is 190 Å². The molecule has 0 N–H and O–H groups in total. The van der Waals surface area contributed by atoms with Gasteiger partial charge in [0, 0.05) is 25.0 Å². The van der Waals surface area contributed by atoms with E-state index >= 15 is 0 Å². The van der Waals surface area contributed by atoms with Gasteiger partial charge in [-0.3, -0.25) is 14.2 Å². The van der Waals surface area contributed by atoms with E-state index in [2.05, 4.69) is 0 Å². The van der Waals surface area contributed by atoms with Crippen molar-refractivity contribution in [2.24, 2.45) is 0 Å². The highest BCUT2D eigenvalue weighted by atomic mass is 32.2. The summed E-state index contributed by atoms with van der Waals surface area (Å²) in [7, 11) is 3.43. The fraction of sp³-hybridized carbons (Fsp3) is 0.435. The fourth-order valence-electron chi connectivity index (χ4n) is 3.94. The van der Waals surface area contributed by atoms with Crippen molar-refractivity contribution in [3.05, 3.63) is 50.6 Å². The van der Waals surface area contributed by atoms with Crippen molar-refractivity contribution >= 4 is 39.2 Å². The highest BCUT2D eigenvalue weighted by molar-refractivity contribution is 7.99. The van der Waals surface area contributed by atoms with Crippen LogP contribution in [0.15, 0.2) is 34.2 Å². The van der Waals surface area contributed by atoms with Gasteiger partial charge >= 0.3 is 0 Å². The largest absolute Gasteiger partial charge is 0.497 e. The SMILES string of the molecule is CCn1c(SCC(=O)N(C)Cc2ccc(OC)cc2)nc2sc3c(c2c1=O)CCCC3. The van der Waals surface area contributed by atoms with E-state index in [1.807, 2.05) is 31.2 Å². The Morgan fingerprint density at radius 3 is 2.71 bits per heavy atom. The summed E-state index contributed by atoms with van der Waals surface area (Å²) in [6.07, 6.45) is 4.32. The summed E-state index contributed by atoms with van der Waals surface area (Å²) in [5.41, 5.74) is 2.28. The van der Waals surface area contributed by atoms with Crippen LogP contribution in [-0.4, -0.2) is 40.3 Å². The van der Waals surface area contributed by atoms with Crippen molar-refractivity contribution in [2.75, 3.05) is 19.9 Å². The summed E-state index contributed by atoms with van der Waals surface area (Å²) in [4.78, 5) is 34.6. The second-order valence-electron chi connectivity index (χ2n) is 7.72. The third kappa shape index (κ3) is 4.50. The number of carbonyl (C=O) groups is 1. The number of aryl methyl sites for hydroxylation is 2. The first kappa shape index (κ1) is 21.9. The second-order valence-corrected chi connectivity index (χ2v) is 9.75. The van der Waals surface area contributed by atoms with E-state index in [-0.39, 0.29) is 17.2 Å². The zero-order chi connectivity index (χ0) is 22.0.